The fraction of sp³-hybridized carbons (Fsp3) is 0.467. The van der Waals surface area contributed by atoms with Crippen molar-refractivity contribution in [1.29, 1.82) is 0 Å². The van der Waals surface area contributed by atoms with Gasteiger partial charge in [0.2, 0.25) is 0 Å². The molecule has 0 aliphatic heterocycles. The van der Waals surface area contributed by atoms with Gasteiger partial charge in [-0.2, -0.15) is 26.3 Å². The molecule has 138 valence electrons. The largest absolute Gasteiger partial charge is 0.455 e. The highest BCUT2D eigenvalue weighted by atomic mass is 19.4. The number of carbonyl (C=O) groups excluding carboxylic acids is 2. The van der Waals surface area contributed by atoms with E-state index in [-0.39, 0.29) is 17.9 Å². The predicted octanol–water partition coefficient (Wildman–Crippen LogP) is 3.86. The van der Waals surface area contributed by atoms with Gasteiger partial charge in [-0.15, -0.1) is 0 Å². The maximum Gasteiger partial charge on any atom is 0.416 e. The Balaban J connectivity index is 2.09. The van der Waals surface area contributed by atoms with Crippen LogP contribution in [-0.2, 0) is 26.7 Å². The summed E-state index contributed by atoms with van der Waals surface area (Å²) in [7, 11) is 0. The first-order chi connectivity index (χ1) is 11.4. The minimum Gasteiger partial charge on any atom is -0.455 e. The molecule has 1 aliphatic carbocycles. The molecule has 1 saturated carbocycles. The fourth-order valence-corrected chi connectivity index (χ4v) is 2.12. The number of ether oxygens (including phenoxy) is 1. The highest BCUT2D eigenvalue weighted by Crippen LogP contribution is 2.39. The molecular formula is C15H13F6NO3. The molecule has 1 aromatic rings. The molecule has 1 amide bonds. The van der Waals surface area contributed by atoms with E-state index in [1.165, 1.54) is 0 Å². The van der Waals surface area contributed by atoms with Crippen molar-refractivity contribution in [1.82, 2.24) is 0 Å². The zero-order valence-corrected chi connectivity index (χ0v) is 12.8. The molecule has 0 aromatic heterocycles. The maximum absolute atomic E-state index is 12.7. The first-order valence-corrected chi connectivity index (χ1v) is 7.14. The number of esters is 1. The first-order valence-electron chi connectivity index (χ1n) is 7.14. The number of benzene rings is 1. The molecule has 1 aliphatic rings. The lowest BCUT2D eigenvalue weighted by Crippen LogP contribution is -2.22. The fourth-order valence-electron chi connectivity index (χ4n) is 2.12. The molecule has 1 fully saturated rings. The summed E-state index contributed by atoms with van der Waals surface area (Å²) in [6.07, 6.45) is -9.42. The molecular weight excluding hydrogens is 356 g/mol. The van der Waals surface area contributed by atoms with Crippen molar-refractivity contribution in [2.24, 2.45) is 11.8 Å². The molecule has 0 unspecified atom stereocenters. The van der Waals surface area contributed by atoms with Crippen LogP contribution in [-0.4, -0.2) is 18.5 Å². The van der Waals surface area contributed by atoms with Gasteiger partial charge in [-0.05, 0) is 30.5 Å². The standard InChI is InChI=1S/C15H13F6NO3/c1-7-2-11(7)13(24)25-6-12(23)22-10-4-8(14(16,17)18)3-9(5-10)15(19,20)21/h3-5,7,11H,2,6H2,1H3,(H,22,23)/t7-,11+/m1/s1. The quantitative estimate of drug-likeness (QED) is 0.648. The molecule has 25 heavy (non-hydrogen) atoms. The zero-order valence-electron chi connectivity index (χ0n) is 12.8. The van der Waals surface area contributed by atoms with Crippen molar-refractivity contribution in [2.45, 2.75) is 25.7 Å². The predicted molar refractivity (Wildman–Crippen MR) is 73.3 cm³/mol. The SMILES string of the molecule is C[C@@H]1C[C@@H]1C(=O)OCC(=O)Nc1cc(C(F)(F)F)cc(C(F)(F)F)c1. The van der Waals surface area contributed by atoms with Crippen molar-refractivity contribution in [3.63, 3.8) is 0 Å². The van der Waals surface area contributed by atoms with Crippen LogP contribution >= 0.6 is 0 Å². The van der Waals surface area contributed by atoms with E-state index in [0.717, 1.165) is 0 Å². The smallest absolute Gasteiger partial charge is 0.416 e. The number of hydrogen-bond donors (Lipinski definition) is 1. The Labute approximate surface area is 138 Å². The monoisotopic (exact) mass is 369 g/mol. The van der Waals surface area contributed by atoms with E-state index >= 15 is 0 Å². The highest BCUT2D eigenvalue weighted by molar-refractivity contribution is 5.93. The van der Waals surface area contributed by atoms with Crippen LogP contribution in [0.2, 0.25) is 0 Å². The number of hydrogen-bond acceptors (Lipinski definition) is 3. The Bertz CT molecular complexity index is 651. The lowest BCUT2D eigenvalue weighted by Gasteiger charge is -2.14. The molecule has 0 saturated heterocycles. The molecule has 1 aromatic carbocycles. The third-order valence-corrected chi connectivity index (χ3v) is 3.63. The Kier molecular flexibility index (Phi) is 5.01. The Hall–Kier alpha value is -2.26. The molecule has 0 radical (unpaired) electrons. The van der Waals surface area contributed by atoms with Crippen LogP contribution in [0.25, 0.3) is 0 Å². The maximum atomic E-state index is 12.7. The average Bonchev–Trinajstić information content (AvgIpc) is 3.19. The van der Waals surface area contributed by atoms with Crippen LogP contribution in [0.5, 0.6) is 0 Å². The molecule has 1 N–H and O–H groups in total. The number of halogens is 6. The highest BCUT2D eigenvalue weighted by Gasteiger charge is 2.41. The van der Waals surface area contributed by atoms with Gasteiger partial charge in [0.05, 0.1) is 17.0 Å². The van der Waals surface area contributed by atoms with E-state index in [4.69, 9.17) is 0 Å². The molecule has 0 bridgehead atoms. The van der Waals surface area contributed by atoms with E-state index in [0.29, 0.717) is 18.6 Å². The number of amides is 1. The number of carbonyl (C=O) groups is 2. The summed E-state index contributed by atoms with van der Waals surface area (Å²) in [6.45, 7) is 1.01. The van der Waals surface area contributed by atoms with Gasteiger partial charge >= 0.3 is 18.3 Å². The van der Waals surface area contributed by atoms with Crippen LogP contribution in [0.1, 0.15) is 24.5 Å². The summed E-state index contributed by atoms with van der Waals surface area (Å²) in [5.41, 5.74) is -3.80. The second-order valence-electron chi connectivity index (χ2n) is 5.77. The molecule has 4 nitrogen and oxygen atoms in total. The number of alkyl halides is 6. The van der Waals surface area contributed by atoms with Crippen molar-refractivity contribution < 1.29 is 40.7 Å². The second kappa shape index (κ2) is 6.57. The number of rotatable bonds is 4. The van der Waals surface area contributed by atoms with Crippen LogP contribution in [0, 0.1) is 11.8 Å². The van der Waals surface area contributed by atoms with Gasteiger partial charge in [-0.1, -0.05) is 6.92 Å². The van der Waals surface area contributed by atoms with Crippen LogP contribution in [0.4, 0.5) is 32.0 Å². The number of anilines is 1. The average molecular weight is 369 g/mol. The summed E-state index contributed by atoms with van der Waals surface area (Å²) >= 11 is 0. The van der Waals surface area contributed by atoms with Crippen molar-refractivity contribution in [2.75, 3.05) is 11.9 Å². The van der Waals surface area contributed by atoms with E-state index in [9.17, 15) is 35.9 Å². The summed E-state index contributed by atoms with van der Waals surface area (Å²) in [6, 6.07) is 0.694. The summed E-state index contributed by atoms with van der Waals surface area (Å²) < 4.78 is 80.9. The molecule has 0 heterocycles. The van der Waals surface area contributed by atoms with Crippen molar-refractivity contribution in [3.8, 4) is 0 Å². The normalized spacial score (nSPS) is 20.1. The Morgan fingerprint density at radius 3 is 1.96 bits per heavy atom. The molecule has 2 rings (SSSR count). The van der Waals surface area contributed by atoms with Crippen molar-refractivity contribution >= 4 is 17.6 Å². The van der Waals surface area contributed by atoms with Gasteiger partial charge in [0.25, 0.3) is 5.91 Å². The number of nitrogens with one attached hydrogen (secondary N) is 1. The summed E-state index contributed by atoms with van der Waals surface area (Å²) in [5.74, 6) is -1.84. The van der Waals surface area contributed by atoms with E-state index in [1.54, 1.807) is 6.92 Å². The molecule has 10 heteroatoms. The third kappa shape index (κ3) is 5.10. The van der Waals surface area contributed by atoms with E-state index < -0.39 is 47.7 Å². The Morgan fingerprint density at radius 1 is 1.08 bits per heavy atom. The molecule has 0 spiro atoms. The first kappa shape index (κ1) is 19.1. The van der Waals surface area contributed by atoms with E-state index in [1.807, 2.05) is 5.32 Å². The van der Waals surface area contributed by atoms with Gasteiger partial charge in [-0.25, -0.2) is 0 Å². The van der Waals surface area contributed by atoms with Crippen LogP contribution in [0.15, 0.2) is 18.2 Å². The van der Waals surface area contributed by atoms with Gasteiger partial charge in [-0.3, -0.25) is 9.59 Å². The minimum absolute atomic E-state index is 0.0514. The lowest BCUT2D eigenvalue weighted by molar-refractivity contribution is -0.148. The second-order valence-corrected chi connectivity index (χ2v) is 5.77. The van der Waals surface area contributed by atoms with Gasteiger partial charge in [0.1, 0.15) is 0 Å². The van der Waals surface area contributed by atoms with Gasteiger partial charge in [0.15, 0.2) is 6.61 Å². The van der Waals surface area contributed by atoms with Crippen LogP contribution in [0.3, 0.4) is 0 Å². The minimum atomic E-state index is -5.02. The summed E-state index contributed by atoms with van der Waals surface area (Å²) in [4.78, 5) is 23.1. The lowest BCUT2D eigenvalue weighted by atomic mass is 10.1. The Morgan fingerprint density at radius 2 is 1.56 bits per heavy atom. The third-order valence-electron chi connectivity index (χ3n) is 3.63. The van der Waals surface area contributed by atoms with Gasteiger partial charge < -0.3 is 10.1 Å². The van der Waals surface area contributed by atoms with Gasteiger partial charge in [0, 0.05) is 5.69 Å². The van der Waals surface area contributed by atoms with E-state index in [2.05, 4.69) is 4.74 Å². The summed E-state index contributed by atoms with van der Waals surface area (Å²) in [5, 5.41) is 1.88. The molecule has 2 atom stereocenters. The van der Waals surface area contributed by atoms with Crippen molar-refractivity contribution in [3.05, 3.63) is 29.3 Å². The topological polar surface area (TPSA) is 55.4 Å². The zero-order chi connectivity index (χ0) is 19.0. The van der Waals surface area contributed by atoms with Crippen LogP contribution < -0.4 is 5.32 Å².